The predicted octanol–water partition coefficient (Wildman–Crippen LogP) is 3.02. The van der Waals surface area contributed by atoms with Gasteiger partial charge in [0.25, 0.3) is 0 Å². The molecule has 1 aromatic rings. The Labute approximate surface area is 99.0 Å². The van der Waals surface area contributed by atoms with Crippen LogP contribution in [-0.4, -0.2) is 18.7 Å². The van der Waals surface area contributed by atoms with E-state index in [4.69, 9.17) is 4.74 Å². The molecule has 2 heteroatoms. The van der Waals surface area contributed by atoms with Crippen LogP contribution in [0, 0.1) is 0 Å². The fourth-order valence-corrected chi connectivity index (χ4v) is 1.52. The molecule has 90 valence electrons. The van der Waals surface area contributed by atoms with Crippen molar-refractivity contribution in [2.45, 2.75) is 39.7 Å². The Balaban J connectivity index is 2.37. The van der Waals surface area contributed by atoms with Crippen LogP contribution in [-0.2, 0) is 6.42 Å². The first-order valence-corrected chi connectivity index (χ1v) is 5.98. The summed E-state index contributed by atoms with van der Waals surface area (Å²) in [7, 11) is 0. The van der Waals surface area contributed by atoms with Crippen LogP contribution in [0.1, 0.15) is 33.3 Å². The number of hydrogen-bond donors (Lipinski definition) is 1. The van der Waals surface area contributed by atoms with Crippen LogP contribution in [0.2, 0.25) is 0 Å². The van der Waals surface area contributed by atoms with Gasteiger partial charge < -0.3 is 10.1 Å². The van der Waals surface area contributed by atoms with Crippen LogP contribution in [0.4, 0.5) is 0 Å². The first-order chi connectivity index (χ1) is 7.53. The molecule has 0 saturated carbocycles. The highest BCUT2D eigenvalue weighted by Gasteiger charge is 2.07. The van der Waals surface area contributed by atoms with Crippen molar-refractivity contribution < 1.29 is 4.74 Å². The molecule has 0 aliphatic heterocycles. The van der Waals surface area contributed by atoms with E-state index < -0.39 is 0 Å². The lowest BCUT2D eigenvalue weighted by Crippen LogP contribution is -2.38. The molecule has 0 amide bonds. The molecule has 0 unspecified atom stereocenters. The van der Waals surface area contributed by atoms with Gasteiger partial charge in [-0.2, -0.15) is 0 Å². The van der Waals surface area contributed by atoms with Crippen molar-refractivity contribution in [2.75, 3.05) is 13.2 Å². The van der Waals surface area contributed by atoms with E-state index in [1.807, 2.05) is 12.1 Å². The Kier molecular flexibility index (Phi) is 4.81. The normalized spacial score (nSPS) is 11.5. The maximum Gasteiger partial charge on any atom is 0.122 e. The Bertz CT molecular complexity index is 315. The molecule has 0 spiro atoms. The second kappa shape index (κ2) is 5.90. The summed E-state index contributed by atoms with van der Waals surface area (Å²) in [4.78, 5) is 0. The summed E-state index contributed by atoms with van der Waals surface area (Å²) in [6, 6.07) is 8.23. The third-order valence-corrected chi connectivity index (χ3v) is 2.37. The smallest absolute Gasteiger partial charge is 0.122 e. The van der Waals surface area contributed by atoms with Gasteiger partial charge in [-0.05, 0) is 38.8 Å². The van der Waals surface area contributed by atoms with E-state index in [2.05, 4.69) is 45.1 Å². The number of hydrogen-bond acceptors (Lipinski definition) is 2. The number of aryl methyl sites for hydroxylation is 1. The van der Waals surface area contributed by atoms with Crippen molar-refractivity contribution in [3.63, 3.8) is 0 Å². The van der Waals surface area contributed by atoms with Crippen LogP contribution < -0.4 is 10.1 Å². The van der Waals surface area contributed by atoms with Gasteiger partial charge in [-0.25, -0.2) is 0 Å². The second-order valence-corrected chi connectivity index (χ2v) is 4.99. The van der Waals surface area contributed by atoms with Crippen LogP contribution in [0.5, 0.6) is 5.75 Å². The average molecular weight is 221 g/mol. The SMILES string of the molecule is CCc1ccccc1OCCNC(C)(C)C. The van der Waals surface area contributed by atoms with Crippen molar-refractivity contribution in [3.8, 4) is 5.75 Å². The molecule has 1 N–H and O–H groups in total. The fraction of sp³-hybridized carbons (Fsp3) is 0.571. The third-order valence-electron chi connectivity index (χ3n) is 2.37. The lowest BCUT2D eigenvalue weighted by atomic mass is 10.1. The van der Waals surface area contributed by atoms with Gasteiger partial charge in [0.05, 0.1) is 0 Å². The first-order valence-electron chi connectivity index (χ1n) is 5.98. The van der Waals surface area contributed by atoms with Crippen LogP contribution in [0.25, 0.3) is 0 Å². The third kappa shape index (κ3) is 4.67. The van der Waals surface area contributed by atoms with E-state index in [1.54, 1.807) is 0 Å². The van der Waals surface area contributed by atoms with Gasteiger partial charge >= 0.3 is 0 Å². The zero-order chi connectivity index (χ0) is 12.0. The molecule has 2 nitrogen and oxygen atoms in total. The van der Waals surface area contributed by atoms with Gasteiger partial charge in [0, 0.05) is 12.1 Å². The Morgan fingerprint density at radius 2 is 1.88 bits per heavy atom. The summed E-state index contributed by atoms with van der Waals surface area (Å²) in [5.41, 5.74) is 1.44. The molecule has 0 aliphatic carbocycles. The molecule has 16 heavy (non-hydrogen) atoms. The van der Waals surface area contributed by atoms with Gasteiger partial charge in [-0.3, -0.25) is 0 Å². The van der Waals surface area contributed by atoms with Crippen molar-refractivity contribution in [3.05, 3.63) is 29.8 Å². The minimum absolute atomic E-state index is 0.160. The van der Waals surface area contributed by atoms with Crippen molar-refractivity contribution in [2.24, 2.45) is 0 Å². The minimum Gasteiger partial charge on any atom is -0.492 e. The van der Waals surface area contributed by atoms with E-state index in [1.165, 1.54) is 5.56 Å². The van der Waals surface area contributed by atoms with Gasteiger partial charge in [0.2, 0.25) is 0 Å². The monoisotopic (exact) mass is 221 g/mol. The van der Waals surface area contributed by atoms with Gasteiger partial charge in [-0.1, -0.05) is 25.1 Å². The second-order valence-electron chi connectivity index (χ2n) is 4.99. The molecule has 0 aliphatic rings. The number of rotatable bonds is 5. The van der Waals surface area contributed by atoms with E-state index in [0.717, 1.165) is 18.7 Å². The van der Waals surface area contributed by atoms with Crippen molar-refractivity contribution >= 4 is 0 Å². The van der Waals surface area contributed by atoms with E-state index in [-0.39, 0.29) is 5.54 Å². The maximum atomic E-state index is 5.76. The first kappa shape index (κ1) is 13.0. The van der Waals surface area contributed by atoms with E-state index in [9.17, 15) is 0 Å². The molecule has 0 bridgehead atoms. The van der Waals surface area contributed by atoms with Crippen LogP contribution in [0.15, 0.2) is 24.3 Å². The molecule has 1 rings (SSSR count). The highest BCUT2D eigenvalue weighted by molar-refractivity contribution is 5.33. The van der Waals surface area contributed by atoms with Crippen molar-refractivity contribution in [1.82, 2.24) is 5.32 Å². The fourth-order valence-electron chi connectivity index (χ4n) is 1.52. The highest BCUT2D eigenvalue weighted by Crippen LogP contribution is 2.17. The summed E-state index contributed by atoms with van der Waals surface area (Å²) in [5.74, 6) is 1.01. The largest absolute Gasteiger partial charge is 0.492 e. The van der Waals surface area contributed by atoms with Crippen molar-refractivity contribution in [1.29, 1.82) is 0 Å². The quantitative estimate of drug-likeness (QED) is 0.772. The number of benzene rings is 1. The number of nitrogens with one attached hydrogen (secondary N) is 1. The summed E-state index contributed by atoms with van der Waals surface area (Å²) in [6.45, 7) is 10.2. The zero-order valence-electron chi connectivity index (χ0n) is 10.8. The van der Waals surface area contributed by atoms with E-state index >= 15 is 0 Å². The zero-order valence-corrected chi connectivity index (χ0v) is 10.8. The summed E-state index contributed by atoms with van der Waals surface area (Å²) in [5, 5.41) is 3.40. The summed E-state index contributed by atoms with van der Waals surface area (Å²) >= 11 is 0. The predicted molar refractivity (Wildman–Crippen MR) is 69.1 cm³/mol. The topological polar surface area (TPSA) is 21.3 Å². The number of ether oxygens (including phenoxy) is 1. The molecule has 0 radical (unpaired) electrons. The average Bonchev–Trinajstić information content (AvgIpc) is 2.23. The van der Waals surface area contributed by atoms with Gasteiger partial charge in [0.15, 0.2) is 0 Å². The highest BCUT2D eigenvalue weighted by atomic mass is 16.5. The standard InChI is InChI=1S/C14H23NO/c1-5-12-8-6-7-9-13(12)16-11-10-15-14(2,3)4/h6-9,15H,5,10-11H2,1-4H3. The molecule has 0 aromatic heterocycles. The lowest BCUT2D eigenvalue weighted by molar-refractivity contribution is 0.289. The molecular formula is C14H23NO. The lowest BCUT2D eigenvalue weighted by Gasteiger charge is -2.20. The summed E-state index contributed by atoms with van der Waals surface area (Å²) < 4.78 is 5.76. The number of para-hydroxylation sites is 1. The Hall–Kier alpha value is -1.02. The molecule has 1 aromatic carbocycles. The summed E-state index contributed by atoms with van der Waals surface area (Å²) in [6.07, 6.45) is 1.02. The van der Waals surface area contributed by atoms with Gasteiger partial charge in [-0.15, -0.1) is 0 Å². The molecular weight excluding hydrogens is 198 g/mol. The Morgan fingerprint density at radius 3 is 2.50 bits per heavy atom. The molecule has 0 heterocycles. The Morgan fingerprint density at radius 1 is 1.19 bits per heavy atom. The van der Waals surface area contributed by atoms with Crippen LogP contribution >= 0.6 is 0 Å². The molecule has 0 saturated heterocycles. The van der Waals surface area contributed by atoms with Crippen LogP contribution in [0.3, 0.4) is 0 Å². The minimum atomic E-state index is 0.160. The van der Waals surface area contributed by atoms with Gasteiger partial charge in [0.1, 0.15) is 12.4 Å². The van der Waals surface area contributed by atoms with E-state index in [0.29, 0.717) is 6.61 Å². The molecule has 0 atom stereocenters. The maximum absolute atomic E-state index is 5.76. The molecule has 0 fully saturated rings.